The van der Waals surface area contributed by atoms with E-state index < -0.39 is 5.41 Å². The molecule has 8 nitrogen and oxygen atoms in total. The number of benzene rings is 1. The van der Waals surface area contributed by atoms with Gasteiger partial charge in [0.1, 0.15) is 6.79 Å². The standard InChI is InChI=1S/C26H29N5O3/c1-18-4-7-21(8-5-18)31-19(2)23(15-29-31)25(32)30-20-6-9-24(28-14-20)26(16-27)12-10-22(11-13-26)34-17-33-3/h4-9,14-15,22H,10-13,17H2,1-3H3,(H,30,32). The molecule has 0 unspecified atom stereocenters. The molecule has 2 heterocycles. The summed E-state index contributed by atoms with van der Waals surface area (Å²) in [6.45, 7) is 4.16. The fourth-order valence-corrected chi connectivity index (χ4v) is 4.37. The predicted octanol–water partition coefficient (Wildman–Crippen LogP) is 4.46. The number of nitriles is 1. The number of carbonyl (C=O) groups excluding carboxylic acids is 1. The van der Waals surface area contributed by atoms with Gasteiger partial charge in [-0.2, -0.15) is 10.4 Å². The summed E-state index contributed by atoms with van der Waals surface area (Å²) in [5.74, 6) is -0.254. The zero-order chi connectivity index (χ0) is 24.1. The van der Waals surface area contributed by atoms with E-state index in [0.29, 0.717) is 24.1 Å². The van der Waals surface area contributed by atoms with E-state index in [4.69, 9.17) is 9.47 Å². The van der Waals surface area contributed by atoms with E-state index >= 15 is 0 Å². The first-order valence-corrected chi connectivity index (χ1v) is 11.4. The molecule has 1 aliphatic rings. The molecule has 0 spiro atoms. The van der Waals surface area contributed by atoms with Gasteiger partial charge in [0.2, 0.25) is 0 Å². The maximum atomic E-state index is 12.9. The number of carbonyl (C=O) groups is 1. The first-order chi connectivity index (χ1) is 16.5. The molecule has 4 rings (SSSR count). The van der Waals surface area contributed by atoms with Gasteiger partial charge < -0.3 is 14.8 Å². The highest BCUT2D eigenvalue weighted by Gasteiger charge is 2.38. The smallest absolute Gasteiger partial charge is 0.259 e. The van der Waals surface area contributed by atoms with Crippen LogP contribution in [0.15, 0.2) is 48.8 Å². The number of anilines is 1. The lowest BCUT2D eigenvalue weighted by atomic mass is 9.72. The van der Waals surface area contributed by atoms with Crippen LogP contribution in [0.4, 0.5) is 5.69 Å². The third kappa shape index (κ3) is 4.86. The van der Waals surface area contributed by atoms with Crippen molar-refractivity contribution in [2.75, 3.05) is 19.2 Å². The number of hydrogen-bond donors (Lipinski definition) is 1. The van der Waals surface area contributed by atoms with E-state index in [1.165, 1.54) is 0 Å². The van der Waals surface area contributed by atoms with Crippen LogP contribution >= 0.6 is 0 Å². The number of nitrogens with one attached hydrogen (secondary N) is 1. The number of amides is 1. The van der Waals surface area contributed by atoms with Crippen LogP contribution in [0.2, 0.25) is 0 Å². The Balaban J connectivity index is 1.43. The molecular formula is C26H29N5O3. The molecule has 2 aromatic heterocycles. The van der Waals surface area contributed by atoms with Crippen molar-refractivity contribution in [3.8, 4) is 11.8 Å². The number of aromatic nitrogens is 3. The number of nitrogens with zero attached hydrogens (tertiary/aromatic N) is 4. The van der Waals surface area contributed by atoms with Crippen molar-refractivity contribution in [3.05, 3.63) is 71.3 Å². The monoisotopic (exact) mass is 459 g/mol. The molecule has 1 amide bonds. The fraction of sp³-hybridized carbons (Fsp3) is 0.385. The minimum absolute atomic E-state index is 0.101. The minimum atomic E-state index is -0.638. The highest BCUT2D eigenvalue weighted by atomic mass is 16.7. The topological polar surface area (TPSA) is 102 Å². The summed E-state index contributed by atoms with van der Waals surface area (Å²) in [6, 6.07) is 14.1. The Labute approximate surface area is 199 Å². The van der Waals surface area contributed by atoms with Crippen LogP contribution in [-0.4, -0.2) is 40.7 Å². The van der Waals surface area contributed by atoms with Gasteiger partial charge in [-0.15, -0.1) is 0 Å². The summed E-state index contributed by atoms with van der Waals surface area (Å²) in [5, 5.41) is 17.2. The highest BCUT2D eigenvalue weighted by molar-refractivity contribution is 6.04. The summed E-state index contributed by atoms with van der Waals surface area (Å²) in [6.07, 6.45) is 6.19. The van der Waals surface area contributed by atoms with Crippen molar-refractivity contribution in [1.82, 2.24) is 14.8 Å². The molecule has 1 N–H and O–H groups in total. The highest BCUT2D eigenvalue weighted by Crippen LogP contribution is 2.39. The molecule has 176 valence electrons. The van der Waals surface area contributed by atoms with Crippen LogP contribution < -0.4 is 5.32 Å². The Kier molecular flexibility index (Phi) is 7.06. The van der Waals surface area contributed by atoms with Crippen molar-refractivity contribution in [1.29, 1.82) is 5.26 Å². The Morgan fingerprint density at radius 1 is 1.18 bits per heavy atom. The Morgan fingerprint density at radius 3 is 2.53 bits per heavy atom. The van der Waals surface area contributed by atoms with Gasteiger partial charge in [-0.1, -0.05) is 17.7 Å². The summed E-state index contributed by atoms with van der Waals surface area (Å²) in [4.78, 5) is 17.4. The van der Waals surface area contributed by atoms with E-state index in [1.807, 2.05) is 44.2 Å². The maximum Gasteiger partial charge on any atom is 0.259 e. The SMILES string of the molecule is COCOC1CCC(C#N)(c2ccc(NC(=O)c3cnn(-c4ccc(C)cc4)c3C)cn2)CC1. The van der Waals surface area contributed by atoms with E-state index in [0.717, 1.165) is 35.5 Å². The van der Waals surface area contributed by atoms with Crippen LogP contribution in [0.3, 0.4) is 0 Å². The molecule has 8 heteroatoms. The van der Waals surface area contributed by atoms with Crippen LogP contribution in [0.1, 0.15) is 53.0 Å². The van der Waals surface area contributed by atoms with Crippen molar-refractivity contribution in [3.63, 3.8) is 0 Å². The lowest BCUT2D eigenvalue weighted by Gasteiger charge is -2.34. The Bertz CT molecular complexity index is 1170. The van der Waals surface area contributed by atoms with Gasteiger partial charge in [-0.25, -0.2) is 4.68 Å². The second-order valence-corrected chi connectivity index (χ2v) is 8.74. The summed E-state index contributed by atoms with van der Waals surface area (Å²) in [5.41, 5.74) is 3.96. The minimum Gasteiger partial charge on any atom is -0.359 e. The Hall–Kier alpha value is -3.54. The summed E-state index contributed by atoms with van der Waals surface area (Å²) < 4.78 is 12.4. The van der Waals surface area contributed by atoms with E-state index in [1.54, 1.807) is 30.3 Å². The van der Waals surface area contributed by atoms with Crippen LogP contribution in [0, 0.1) is 25.2 Å². The molecule has 0 radical (unpaired) electrons. The van der Waals surface area contributed by atoms with Crippen molar-refractivity contribution >= 4 is 11.6 Å². The molecule has 0 aliphatic heterocycles. The zero-order valence-corrected chi connectivity index (χ0v) is 19.7. The molecule has 34 heavy (non-hydrogen) atoms. The normalized spacial score (nSPS) is 20.0. The number of aryl methyl sites for hydroxylation is 1. The van der Waals surface area contributed by atoms with Crippen molar-refractivity contribution in [2.45, 2.75) is 51.0 Å². The second-order valence-electron chi connectivity index (χ2n) is 8.74. The molecule has 1 fully saturated rings. The predicted molar refractivity (Wildman–Crippen MR) is 128 cm³/mol. The molecule has 0 atom stereocenters. The number of pyridine rings is 1. The van der Waals surface area contributed by atoms with Gasteiger partial charge in [0, 0.05) is 7.11 Å². The molecule has 0 bridgehead atoms. The lowest BCUT2D eigenvalue weighted by molar-refractivity contribution is -0.0857. The van der Waals surface area contributed by atoms with E-state index in [9.17, 15) is 10.1 Å². The number of methoxy groups -OCH3 is 1. The van der Waals surface area contributed by atoms with Crippen LogP contribution in [0.25, 0.3) is 5.69 Å². The van der Waals surface area contributed by atoms with Gasteiger partial charge in [0.05, 0.1) is 58.3 Å². The average molecular weight is 460 g/mol. The number of ether oxygens (including phenoxy) is 2. The Morgan fingerprint density at radius 2 is 1.91 bits per heavy atom. The van der Waals surface area contributed by atoms with Gasteiger partial charge in [0.15, 0.2) is 0 Å². The largest absolute Gasteiger partial charge is 0.359 e. The molecule has 1 aliphatic carbocycles. The first kappa shape index (κ1) is 23.6. The first-order valence-electron chi connectivity index (χ1n) is 11.4. The molecule has 1 saturated carbocycles. The van der Waals surface area contributed by atoms with Gasteiger partial charge in [-0.3, -0.25) is 9.78 Å². The molecule has 3 aromatic rings. The number of hydrogen-bond acceptors (Lipinski definition) is 6. The molecular weight excluding hydrogens is 430 g/mol. The van der Waals surface area contributed by atoms with Gasteiger partial charge in [0.25, 0.3) is 5.91 Å². The quantitative estimate of drug-likeness (QED) is 0.524. The fourth-order valence-electron chi connectivity index (χ4n) is 4.37. The summed E-state index contributed by atoms with van der Waals surface area (Å²) >= 11 is 0. The maximum absolute atomic E-state index is 12.9. The third-order valence-corrected chi connectivity index (χ3v) is 6.47. The zero-order valence-electron chi connectivity index (χ0n) is 19.7. The third-order valence-electron chi connectivity index (χ3n) is 6.47. The van der Waals surface area contributed by atoms with E-state index in [-0.39, 0.29) is 18.8 Å². The van der Waals surface area contributed by atoms with Crippen molar-refractivity contribution < 1.29 is 14.3 Å². The van der Waals surface area contributed by atoms with Crippen LogP contribution in [-0.2, 0) is 14.9 Å². The van der Waals surface area contributed by atoms with Gasteiger partial charge in [-0.05, 0) is 63.8 Å². The molecule has 1 aromatic carbocycles. The molecule has 0 saturated heterocycles. The van der Waals surface area contributed by atoms with Crippen LogP contribution in [0.5, 0.6) is 0 Å². The van der Waals surface area contributed by atoms with Gasteiger partial charge >= 0.3 is 0 Å². The average Bonchev–Trinajstić information content (AvgIpc) is 3.25. The number of rotatable bonds is 7. The van der Waals surface area contributed by atoms with Crippen molar-refractivity contribution in [2.24, 2.45) is 0 Å². The lowest BCUT2D eigenvalue weighted by Crippen LogP contribution is -2.34. The summed E-state index contributed by atoms with van der Waals surface area (Å²) in [7, 11) is 1.60. The second kappa shape index (κ2) is 10.2. The van der Waals surface area contributed by atoms with E-state index in [2.05, 4.69) is 21.5 Å².